The van der Waals surface area contributed by atoms with Crippen LogP contribution in [-0.4, -0.2) is 33.4 Å². The van der Waals surface area contributed by atoms with Crippen molar-refractivity contribution >= 4 is 16.6 Å². The predicted octanol–water partition coefficient (Wildman–Crippen LogP) is 3.38. The van der Waals surface area contributed by atoms with Crippen LogP contribution in [0.5, 0.6) is 5.75 Å². The van der Waals surface area contributed by atoms with Gasteiger partial charge in [-0.25, -0.2) is 4.98 Å². The van der Waals surface area contributed by atoms with Gasteiger partial charge < -0.3 is 14.6 Å². The Morgan fingerprint density at radius 3 is 2.88 bits per heavy atom. The number of para-hydroxylation sites is 1. The van der Waals surface area contributed by atoms with Gasteiger partial charge >= 0.3 is 0 Å². The fourth-order valence-corrected chi connectivity index (χ4v) is 2.85. The van der Waals surface area contributed by atoms with Crippen LogP contribution in [0.25, 0.3) is 10.9 Å². The Balaban J connectivity index is 1.81. The van der Waals surface area contributed by atoms with E-state index in [4.69, 9.17) is 4.74 Å². The van der Waals surface area contributed by atoms with E-state index in [1.165, 1.54) is 0 Å². The van der Waals surface area contributed by atoms with Crippen LogP contribution >= 0.6 is 0 Å². The monoisotopic (exact) mass is 325 g/mol. The topological polar surface area (TPSA) is 64.9 Å². The Bertz CT molecular complexity index is 841. The summed E-state index contributed by atoms with van der Waals surface area (Å²) in [5.74, 6) is 1.78. The fourth-order valence-electron chi connectivity index (χ4n) is 2.85. The third-order valence-electron chi connectivity index (χ3n) is 4.02. The molecule has 0 fully saturated rings. The van der Waals surface area contributed by atoms with Crippen molar-refractivity contribution < 1.29 is 4.74 Å². The van der Waals surface area contributed by atoms with Crippen molar-refractivity contribution in [2.75, 3.05) is 19.0 Å². The Kier molecular flexibility index (Phi) is 4.64. The molecule has 0 bridgehead atoms. The Morgan fingerprint density at radius 2 is 2.12 bits per heavy atom. The lowest BCUT2D eigenvalue weighted by Crippen LogP contribution is -2.12. The standard InChI is InChI=1S/C18H23N5O/c1-12(2)23-11-20-22-17(23)8-9-19-15-10-13(3)21-18-14(15)6-5-7-16(18)24-4/h5-7,10-12H,8-9H2,1-4H3,(H,19,21). The number of rotatable bonds is 6. The summed E-state index contributed by atoms with van der Waals surface area (Å²) < 4.78 is 7.53. The maximum Gasteiger partial charge on any atom is 0.145 e. The average molecular weight is 325 g/mol. The van der Waals surface area contributed by atoms with Crippen molar-refractivity contribution in [1.82, 2.24) is 19.7 Å². The maximum atomic E-state index is 5.43. The van der Waals surface area contributed by atoms with E-state index in [0.717, 1.165) is 46.8 Å². The lowest BCUT2D eigenvalue weighted by Gasteiger charge is -2.13. The molecule has 0 unspecified atom stereocenters. The van der Waals surface area contributed by atoms with Crippen LogP contribution in [0.1, 0.15) is 31.4 Å². The summed E-state index contributed by atoms with van der Waals surface area (Å²) in [5.41, 5.74) is 2.90. The van der Waals surface area contributed by atoms with E-state index in [1.54, 1.807) is 13.4 Å². The van der Waals surface area contributed by atoms with E-state index in [0.29, 0.717) is 6.04 Å². The highest BCUT2D eigenvalue weighted by molar-refractivity contribution is 5.95. The first-order valence-electron chi connectivity index (χ1n) is 8.16. The van der Waals surface area contributed by atoms with Crippen molar-refractivity contribution in [3.8, 4) is 5.75 Å². The van der Waals surface area contributed by atoms with Crippen molar-refractivity contribution in [3.05, 3.63) is 42.1 Å². The number of nitrogens with zero attached hydrogens (tertiary/aromatic N) is 4. The van der Waals surface area contributed by atoms with Gasteiger partial charge in [0.25, 0.3) is 0 Å². The normalized spacial score (nSPS) is 11.2. The zero-order valence-corrected chi connectivity index (χ0v) is 14.6. The van der Waals surface area contributed by atoms with Gasteiger partial charge in [-0.2, -0.15) is 0 Å². The van der Waals surface area contributed by atoms with Gasteiger partial charge in [0.2, 0.25) is 0 Å². The van der Waals surface area contributed by atoms with Crippen molar-refractivity contribution in [2.24, 2.45) is 0 Å². The number of aromatic nitrogens is 4. The van der Waals surface area contributed by atoms with Crippen LogP contribution in [-0.2, 0) is 6.42 Å². The Morgan fingerprint density at radius 1 is 1.29 bits per heavy atom. The van der Waals surface area contributed by atoms with Crippen LogP contribution in [0.2, 0.25) is 0 Å². The molecule has 0 amide bonds. The van der Waals surface area contributed by atoms with Gasteiger partial charge in [0.05, 0.1) is 7.11 Å². The SMILES string of the molecule is COc1cccc2c(NCCc3nncn3C(C)C)cc(C)nc12. The molecule has 1 aromatic carbocycles. The van der Waals surface area contributed by atoms with E-state index < -0.39 is 0 Å². The fraction of sp³-hybridized carbons (Fsp3) is 0.389. The van der Waals surface area contributed by atoms with Crippen LogP contribution in [0.3, 0.4) is 0 Å². The molecule has 24 heavy (non-hydrogen) atoms. The summed E-state index contributed by atoms with van der Waals surface area (Å²) >= 11 is 0. The highest BCUT2D eigenvalue weighted by Crippen LogP contribution is 2.29. The zero-order valence-electron chi connectivity index (χ0n) is 14.6. The molecule has 3 rings (SSSR count). The first-order chi connectivity index (χ1) is 11.6. The van der Waals surface area contributed by atoms with Crippen LogP contribution < -0.4 is 10.1 Å². The highest BCUT2D eigenvalue weighted by Gasteiger charge is 2.10. The van der Waals surface area contributed by atoms with Crippen molar-refractivity contribution in [1.29, 1.82) is 0 Å². The minimum Gasteiger partial charge on any atom is -0.494 e. The molecule has 6 heteroatoms. The third-order valence-corrected chi connectivity index (χ3v) is 4.02. The summed E-state index contributed by atoms with van der Waals surface area (Å²) in [5, 5.41) is 12.8. The van der Waals surface area contributed by atoms with Gasteiger partial charge in [-0.05, 0) is 32.9 Å². The van der Waals surface area contributed by atoms with E-state index in [2.05, 4.69) is 51.0 Å². The summed E-state index contributed by atoms with van der Waals surface area (Å²) in [4.78, 5) is 4.61. The predicted molar refractivity (Wildman–Crippen MR) is 95.6 cm³/mol. The first kappa shape index (κ1) is 16.2. The molecule has 0 saturated carbocycles. The van der Waals surface area contributed by atoms with Gasteiger partial charge in [0.15, 0.2) is 0 Å². The molecule has 0 aliphatic carbocycles. The minimum atomic E-state index is 0.364. The number of hydrogen-bond donors (Lipinski definition) is 1. The summed E-state index contributed by atoms with van der Waals surface area (Å²) in [6.45, 7) is 7.03. The molecule has 2 aromatic heterocycles. The van der Waals surface area contributed by atoms with Crippen LogP contribution in [0.15, 0.2) is 30.6 Å². The molecule has 6 nitrogen and oxygen atoms in total. The number of pyridine rings is 1. The van der Waals surface area contributed by atoms with Crippen molar-refractivity contribution in [3.63, 3.8) is 0 Å². The number of fused-ring (bicyclic) bond motifs is 1. The lowest BCUT2D eigenvalue weighted by molar-refractivity contribution is 0.419. The van der Waals surface area contributed by atoms with Crippen molar-refractivity contribution in [2.45, 2.75) is 33.2 Å². The molecule has 0 radical (unpaired) electrons. The van der Waals surface area contributed by atoms with E-state index in [-0.39, 0.29) is 0 Å². The number of methoxy groups -OCH3 is 1. The molecule has 0 atom stereocenters. The molecule has 2 heterocycles. The van der Waals surface area contributed by atoms with Gasteiger partial charge in [-0.3, -0.25) is 0 Å². The Hall–Kier alpha value is -2.63. The molecule has 1 N–H and O–H groups in total. The molecule has 3 aromatic rings. The quantitative estimate of drug-likeness (QED) is 0.752. The summed E-state index contributed by atoms with van der Waals surface area (Å²) in [6.07, 6.45) is 2.60. The molecular formula is C18H23N5O. The number of nitrogens with one attached hydrogen (secondary N) is 1. The van der Waals surface area contributed by atoms with Crippen LogP contribution in [0, 0.1) is 6.92 Å². The largest absolute Gasteiger partial charge is 0.494 e. The molecule has 126 valence electrons. The second-order valence-corrected chi connectivity index (χ2v) is 6.09. The highest BCUT2D eigenvalue weighted by atomic mass is 16.5. The molecule has 0 saturated heterocycles. The lowest BCUT2D eigenvalue weighted by atomic mass is 10.1. The number of anilines is 1. The molecule has 0 spiro atoms. The zero-order chi connectivity index (χ0) is 17.1. The second-order valence-electron chi connectivity index (χ2n) is 6.09. The summed E-state index contributed by atoms with van der Waals surface area (Å²) in [7, 11) is 1.67. The van der Waals surface area contributed by atoms with E-state index >= 15 is 0 Å². The molecule has 0 aliphatic heterocycles. The maximum absolute atomic E-state index is 5.43. The van der Waals surface area contributed by atoms with E-state index in [9.17, 15) is 0 Å². The number of benzene rings is 1. The third kappa shape index (κ3) is 3.18. The first-order valence-corrected chi connectivity index (χ1v) is 8.16. The Labute approximate surface area is 141 Å². The van der Waals surface area contributed by atoms with Gasteiger partial charge in [-0.1, -0.05) is 12.1 Å². The number of hydrogen-bond acceptors (Lipinski definition) is 5. The average Bonchev–Trinajstić information content (AvgIpc) is 3.03. The van der Waals surface area contributed by atoms with Crippen LogP contribution in [0.4, 0.5) is 5.69 Å². The summed E-state index contributed by atoms with van der Waals surface area (Å²) in [6, 6.07) is 8.41. The van der Waals surface area contributed by atoms with Gasteiger partial charge in [0.1, 0.15) is 23.4 Å². The minimum absolute atomic E-state index is 0.364. The smallest absolute Gasteiger partial charge is 0.145 e. The molecular weight excluding hydrogens is 302 g/mol. The van der Waals surface area contributed by atoms with Gasteiger partial charge in [-0.15, -0.1) is 10.2 Å². The number of ether oxygens (including phenoxy) is 1. The second kappa shape index (κ2) is 6.86. The molecule has 0 aliphatic rings. The number of aryl methyl sites for hydroxylation is 1. The van der Waals surface area contributed by atoms with Gasteiger partial charge in [0, 0.05) is 35.8 Å². The van der Waals surface area contributed by atoms with E-state index in [1.807, 2.05) is 19.1 Å².